The van der Waals surface area contributed by atoms with E-state index in [0.717, 1.165) is 0 Å². The molecule has 0 bridgehead atoms. The van der Waals surface area contributed by atoms with Crippen molar-refractivity contribution in [3.05, 3.63) is 57.5 Å². The summed E-state index contributed by atoms with van der Waals surface area (Å²) in [5.74, 6) is 2.43. The minimum atomic E-state index is -0.959. The maximum atomic E-state index is 13.6. The summed E-state index contributed by atoms with van der Waals surface area (Å²) in [6.07, 6.45) is 0. The van der Waals surface area contributed by atoms with Gasteiger partial charge in [-0.3, -0.25) is 5.84 Å². The molecule has 0 amide bonds. The number of nitrogens with one attached hydrogen (secondary N) is 1. The van der Waals surface area contributed by atoms with E-state index in [9.17, 15) is 13.2 Å². The maximum Gasteiger partial charge on any atom is 0.134 e. The Morgan fingerprint density at radius 2 is 1.82 bits per heavy atom. The SMILES string of the molecule is NNC(c1cccs1)c1c(F)cc(F)cc1F. The van der Waals surface area contributed by atoms with Gasteiger partial charge in [0.1, 0.15) is 17.5 Å². The lowest BCUT2D eigenvalue weighted by Crippen LogP contribution is -2.29. The molecule has 0 radical (unpaired) electrons. The predicted molar refractivity (Wildman–Crippen MR) is 59.8 cm³/mol. The van der Waals surface area contributed by atoms with Crippen LogP contribution in [0.4, 0.5) is 13.2 Å². The van der Waals surface area contributed by atoms with E-state index < -0.39 is 23.5 Å². The molecule has 0 aliphatic carbocycles. The number of hydrogen-bond acceptors (Lipinski definition) is 3. The van der Waals surface area contributed by atoms with Crippen LogP contribution in [0.15, 0.2) is 29.6 Å². The summed E-state index contributed by atoms with van der Waals surface area (Å²) in [5, 5.41) is 1.76. The van der Waals surface area contributed by atoms with Crippen molar-refractivity contribution in [2.24, 2.45) is 5.84 Å². The summed E-state index contributed by atoms with van der Waals surface area (Å²) in [5.41, 5.74) is 2.05. The molecule has 3 N–H and O–H groups in total. The van der Waals surface area contributed by atoms with Crippen LogP contribution in [0.25, 0.3) is 0 Å². The molecule has 0 fully saturated rings. The molecule has 1 aromatic heterocycles. The van der Waals surface area contributed by atoms with Crippen molar-refractivity contribution in [1.29, 1.82) is 0 Å². The highest BCUT2D eigenvalue weighted by atomic mass is 32.1. The van der Waals surface area contributed by atoms with Gasteiger partial charge in [0.15, 0.2) is 0 Å². The smallest absolute Gasteiger partial charge is 0.134 e. The van der Waals surface area contributed by atoms with Crippen molar-refractivity contribution in [1.82, 2.24) is 5.43 Å². The molecule has 0 spiro atoms. The summed E-state index contributed by atoms with van der Waals surface area (Å²) in [6.45, 7) is 0. The Balaban J connectivity index is 2.52. The average Bonchev–Trinajstić information content (AvgIpc) is 2.76. The first-order valence-electron chi connectivity index (χ1n) is 4.77. The first-order chi connectivity index (χ1) is 8.13. The zero-order valence-corrected chi connectivity index (χ0v) is 9.40. The van der Waals surface area contributed by atoms with Gasteiger partial charge < -0.3 is 0 Å². The van der Waals surface area contributed by atoms with Crippen LogP contribution < -0.4 is 11.3 Å². The van der Waals surface area contributed by atoms with Crippen molar-refractivity contribution in [3.8, 4) is 0 Å². The Morgan fingerprint density at radius 3 is 2.29 bits per heavy atom. The van der Waals surface area contributed by atoms with Gasteiger partial charge in [-0.1, -0.05) is 6.07 Å². The van der Waals surface area contributed by atoms with E-state index in [1.165, 1.54) is 11.3 Å². The molecule has 0 aliphatic heterocycles. The first-order valence-corrected chi connectivity index (χ1v) is 5.65. The maximum absolute atomic E-state index is 13.6. The Hall–Kier alpha value is -1.37. The molecule has 17 heavy (non-hydrogen) atoms. The summed E-state index contributed by atoms with van der Waals surface area (Å²) >= 11 is 1.30. The van der Waals surface area contributed by atoms with Gasteiger partial charge in [0, 0.05) is 22.6 Å². The lowest BCUT2D eigenvalue weighted by atomic mass is 10.0. The third-order valence-corrected chi connectivity index (χ3v) is 3.26. The molecule has 2 rings (SSSR count). The Labute approximate surface area is 99.9 Å². The summed E-state index contributed by atoms with van der Waals surface area (Å²) < 4.78 is 39.9. The summed E-state index contributed by atoms with van der Waals surface area (Å²) in [6, 6.07) is 3.88. The molecule has 0 saturated carbocycles. The second-order valence-electron chi connectivity index (χ2n) is 3.40. The molecule has 1 heterocycles. The topological polar surface area (TPSA) is 38.0 Å². The van der Waals surface area contributed by atoms with Crippen LogP contribution in [0.1, 0.15) is 16.5 Å². The Kier molecular flexibility index (Phi) is 3.46. The van der Waals surface area contributed by atoms with Crippen LogP contribution in [0.3, 0.4) is 0 Å². The molecular weight excluding hydrogens is 249 g/mol. The number of rotatable bonds is 3. The van der Waals surface area contributed by atoms with Crippen LogP contribution in [0.5, 0.6) is 0 Å². The molecular formula is C11H9F3N2S. The second kappa shape index (κ2) is 4.87. The minimum Gasteiger partial charge on any atom is -0.271 e. The Morgan fingerprint density at radius 1 is 1.18 bits per heavy atom. The van der Waals surface area contributed by atoms with Gasteiger partial charge >= 0.3 is 0 Å². The van der Waals surface area contributed by atoms with Crippen LogP contribution in [0, 0.1) is 17.5 Å². The number of thiophene rings is 1. The van der Waals surface area contributed by atoms with E-state index in [1.807, 2.05) is 0 Å². The number of hydrogen-bond donors (Lipinski definition) is 2. The highest BCUT2D eigenvalue weighted by Crippen LogP contribution is 2.29. The predicted octanol–water partition coefficient (Wildman–Crippen LogP) is 2.72. The fourth-order valence-electron chi connectivity index (χ4n) is 1.59. The lowest BCUT2D eigenvalue weighted by molar-refractivity contribution is 0.494. The van der Waals surface area contributed by atoms with Gasteiger partial charge in [-0.05, 0) is 11.4 Å². The van der Waals surface area contributed by atoms with Crippen LogP contribution in [0.2, 0.25) is 0 Å². The van der Waals surface area contributed by atoms with Crippen molar-refractivity contribution in [3.63, 3.8) is 0 Å². The normalized spacial score (nSPS) is 12.7. The lowest BCUT2D eigenvalue weighted by Gasteiger charge is -2.16. The van der Waals surface area contributed by atoms with Crippen LogP contribution in [-0.4, -0.2) is 0 Å². The largest absolute Gasteiger partial charge is 0.271 e. The van der Waals surface area contributed by atoms with E-state index in [-0.39, 0.29) is 5.56 Å². The van der Waals surface area contributed by atoms with Gasteiger partial charge in [0.25, 0.3) is 0 Å². The van der Waals surface area contributed by atoms with Crippen molar-refractivity contribution < 1.29 is 13.2 Å². The van der Waals surface area contributed by atoms with E-state index in [4.69, 9.17) is 5.84 Å². The highest BCUT2D eigenvalue weighted by molar-refractivity contribution is 7.10. The van der Waals surface area contributed by atoms with E-state index in [2.05, 4.69) is 5.43 Å². The zero-order valence-electron chi connectivity index (χ0n) is 8.58. The first kappa shape index (κ1) is 12.1. The van der Waals surface area contributed by atoms with Crippen LogP contribution >= 0.6 is 11.3 Å². The van der Waals surface area contributed by atoms with Gasteiger partial charge in [-0.15, -0.1) is 11.3 Å². The Bertz CT molecular complexity index is 490. The third-order valence-electron chi connectivity index (χ3n) is 2.33. The summed E-state index contributed by atoms with van der Waals surface area (Å²) in [7, 11) is 0. The van der Waals surface area contributed by atoms with Crippen LogP contribution in [-0.2, 0) is 0 Å². The zero-order chi connectivity index (χ0) is 12.4. The second-order valence-corrected chi connectivity index (χ2v) is 4.38. The fourth-order valence-corrected chi connectivity index (χ4v) is 2.39. The van der Waals surface area contributed by atoms with E-state index in [1.54, 1.807) is 17.5 Å². The number of hydrazine groups is 1. The number of benzene rings is 1. The highest BCUT2D eigenvalue weighted by Gasteiger charge is 2.22. The third kappa shape index (κ3) is 2.33. The molecule has 1 unspecified atom stereocenters. The van der Waals surface area contributed by atoms with Crippen molar-refractivity contribution in [2.45, 2.75) is 6.04 Å². The standard InChI is InChI=1S/C11H9F3N2S/c12-6-4-7(13)10(8(14)5-6)11(16-15)9-2-1-3-17-9/h1-5,11,16H,15H2. The van der Waals surface area contributed by atoms with Gasteiger partial charge in [-0.2, -0.15) is 0 Å². The molecule has 0 aliphatic rings. The molecule has 2 aromatic rings. The molecule has 0 saturated heterocycles. The van der Waals surface area contributed by atoms with Gasteiger partial charge in [-0.25, -0.2) is 18.6 Å². The fraction of sp³-hybridized carbons (Fsp3) is 0.0909. The number of halogens is 3. The van der Waals surface area contributed by atoms with E-state index >= 15 is 0 Å². The molecule has 6 heteroatoms. The quantitative estimate of drug-likeness (QED) is 0.656. The molecule has 1 atom stereocenters. The molecule has 2 nitrogen and oxygen atoms in total. The molecule has 1 aromatic carbocycles. The average molecular weight is 258 g/mol. The molecule has 90 valence electrons. The minimum absolute atomic E-state index is 0.281. The van der Waals surface area contributed by atoms with Crippen molar-refractivity contribution >= 4 is 11.3 Å². The van der Waals surface area contributed by atoms with Gasteiger partial charge in [0.2, 0.25) is 0 Å². The number of nitrogens with two attached hydrogens (primary N) is 1. The summed E-state index contributed by atoms with van der Waals surface area (Å²) in [4.78, 5) is 0.650. The van der Waals surface area contributed by atoms with Gasteiger partial charge in [0.05, 0.1) is 6.04 Å². The monoisotopic (exact) mass is 258 g/mol. The van der Waals surface area contributed by atoms with E-state index in [0.29, 0.717) is 17.0 Å². The van der Waals surface area contributed by atoms with Crippen molar-refractivity contribution in [2.75, 3.05) is 0 Å².